The number of piperidine rings is 1. The zero-order chi connectivity index (χ0) is 31.0. The van der Waals surface area contributed by atoms with Gasteiger partial charge in [0.25, 0.3) is 5.91 Å². The van der Waals surface area contributed by atoms with Gasteiger partial charge in [-0.25, -0.2) is 4.98 Å². The van der Waals surface area contributed by atoms with Crippen LogP contribution >= 0.6 is 0 Å². The largest absolute Gasteiger partial charge is 0.496 e. The molecule has 2 bridgehead atoms. The molecule has 1 saturated heterocycles. The minimum absolute atomic E-state index is 0.00307. The van der Waals surface area contributed by atoms with Crippen molar-refractivity contribution in [3.05, 3.63) is 65.7 Å². The first-order chi connectivity index (χ1) is 21.9. The van der Waals surface area contributed by atoms with Gasteiger partial charge in [0, 0.05) is 54.3 Å². The topological polar surface area (TPSA) is 108 Å². The second-order valence-electron chi connectivity index (χ2n) is 13.0. The Balaban J connectivity index is 1.23. The van der Waals surface area contributed by atoms with Crippen LogP contribution in [0, 0.1) is 11.8 Å². The third-order valence-electron chi connectivity index (χ3n) is 10.4. The summed E-state index contributed by atoms with van der Waals surface area (Å²) < 4.78 is 15.8. The maximum atomic E-state index is 13.7. The monoisotopic (exact) mass is 605 g/mol. The van der Waals surface area contributed by atoms with Crippen LogP contribution in [-0.4, -0.2) is 62.9 Å². The highest BCUT2D eigenvalue weighted by Crippen LogP contribution is 2.41. The number of rotatable bonds is 8. The van der Waals surface area contributed by atoms with Gasteiger partial charge in [0.05, 0.1) is 32.0 Å². The predicted octanol–water partition coefficient (Wildman–Crippen LogP) is 5.34. The number of aromatic nitrogens is 3. The lowest BCUT2D eigenvalue weighted by Crippen LogP contribution is -2.41. The average Bonchev–Trinajstić information content (AvgIpc) is 3.47. The van der Waals surface area contributed by atoms with Crippen molar-refractivity contribution >= 4 is 27.8 Å². The van der Waals surface area contributed by atoms with Crippen LogP contribution in [0.4, 0.5) is 0 Å². The number of nitrogens with two attached hydrogens (primary N) is 1. The predicted molar refractivity (Wildman–Crippen MR) is 174 cm³/mol. The van der Waals surface area contributed by atoms with Crippen molar-refractivity contribution in [1.82, 2.24) is 19.0 Å². The highest BCUT2D eigenvalue weighted by Gasteiger charge is 2.47. The number of methoxy groups -OCH3 is 2. The summed E-state index contributed by atoms with van der Waals surface area (Å²) in [6.07, 6.45) is 4.52. The summed E-state index contributed by atoms with van der Waals surface area (Å²) >= 11 is 0. The third-order valence-corrected chi connectivity index (χ3v) is 10.4. The summed E-state index contributed by atoms with van der Waals surface area (Å²) in [6, 6.07) is 18.6. The lowest BCUT2D eigenvalue weighted by molar-refractivity contribution is 0.0700. The molecule has 1 amide bonds. The maximum Gasteiger partial charge on any atom is 0.254 e. The van der Waals surface area contributed by atoms with E-state index in [2.05, 4.69) is 33.4 Å². The Labute approximate surface area is 262 Å². The lowest BCUT2D eigenvalue weighted by Gasteiger charge is -2.27. The molecule has 3 fully saturated rings. The first kappa shape index (κ1) is 28.2. The smallest absolute Gasteiger partial charge is 0.254 e. The third kappa shape index (κ3) is 4.51. The van der Waals surface area contributed by atoms with Gasteiger partial charge < -0.3 is 34.3 Å². The number of aliphatic hydroxyl groups excluding tert-OH is 1. The van der Waals surface area contributed by atoms with E-state index >= 15 is 0 Å². The molecule has 9 heteroatoms. The molecule has 5 aromatic rings. The van der Waals surface area contributed by atoms with E-state index < -0.39 is 0 Å². The molecular weight excluding hydrogens is 566 g/mol. The number of hydrogen-bond acceptors (Lipinski definition) is 6. The number of ether oxygens (including phenoxy) is 2. The Morgan fingerprint density at radius 1 is 0.978 bits per heavy atom. The van der Waals surface area contributed by atoms with Crippen LogP contribution in [0.5, 0.6) is 11.5 Å². The fourth-order valence-corrected chi connectivity index (χ4v) is 7.72. The molecule has 232 valence electrons. The molecule has 0 radical (unpaired) electrons. The molecule has 2 aliphatic carbocycles. The average molecular weight is 606 g/mol. The lowest BCUT2D eigenvalue weighted by atomic mass is 10.0. The number of imidazole rings is 1. The minimum atomic E-state index is -0.0857. The van der Waals surface area contributed by atoms with E-state index in [1.807, 2.05) is 42.3 Å². The summed E-state index contributed by atoms with van der Waals surface area (Å²) in [7, 11) is 5.29. The van der Waals surface area contributed by atoms with Crippen LogP contribution in [0.25, 0.3) is 44.6 Å². The SMILES string of the molecule is COc1ccc(-c2ccc3cc(-c4nc5cc(C(=O)N6CC7CCC6C7N)cc(OC)c5n4C)n(CC4CC4)c3c2)cc1CO. The van der Waals surface area contributed by atoms with Crippen LogP contribution in [-0.2, 0) is 20.2 Å². The van der Waals surface area contributed by atoms with Crippen molar-refractivity contribution in [3.8, 4) is 34.1 Å². The van der Waals surface area contributed by atoms with E-state index in [1.165, 1.54) is 12.8 Å². The summed E-state index contributed by atoms with van der Waals surface area (Å²) in [5.74, 6) is 3.18. The molecule has 2 saturated carbocycles. The molecule has 1 aliphatic heterocycles. The van der Waals surface area contributed by atoms with Crippen molar-refractivity contribution < 1.29 is 19.4 Å². The number of benzene rings is 3. The zero-order valence-corrected chi connectivity index (χ0v) is 26.0. The zero-order valence-electron chi connectivity index (χ0n) is 26.0. The van der Waals surface area contributed by atoms with Crippen LogP contribution in [0.2, 0.25) is 0 Å². The van der Waals surface area contributed by atoms with Gasteiger partial charge >= 0.3 is 0 Å². The summed E-state index contributed by atoms with van der Waals surface area (Å²) in [4.78, 5) is 20.8. The molecule has 8 rings (SSSR count). The molecule has 3 aromatic carbocycles. The van der Waals surface area contributed by atoms with Gasteiger partial charge in [-0.1, -0.05) is 18.2 Å². The van der Waals surface area contributed by atoms with Crippen molar-refractivity contribution in [2.24, 2.45) is 24.6 Å². The first-order valence-electron chi connectivity index (χ1n) is 15.9. The molecule has 3 N–H and O–H groups in total. The van der Waals surface area contributed by atoms with Crippen molar-refractivity contribution in [2.45, 2.75) is 50.9 Å². The highest BCUT2D eigenvalue weighted by molar-refractivity contribution is 6.00. The first-order valence-corrected chi connectivity index (χ1v) is 15.9. The van der Waals surface area contributed by atoms with Crippen LogP contribution in [0.3, 0.4) is 0 Å². The Hall–Kier alpha value is -4.34. The van der Waals surface area contributed by atoms with Gasteiger partial charge in [0.1, 0.15) is 17.0 Å². The normalized spacial score (nSPS) is 20.9. The van der Waals surface area contributed by atoms with Crippen LogP contribution < -0.4 is 15.2 Å². The van der Waals surface area contributed by atoms with E-state index in [4.69, 9.17) is 20.2 Å². The molecule has 3 unspecified atom stereocenters. The highest BCUT2D eigenvalue weighted by atomic mass is 16.5. The standard InChI is InChI=1S/C36H39N5O4/c1-39-34-27(13-25(16-32(34)45-3)36(43)41-18-24-8-10-28(41)33(24)37)38-35(39)30-15-23-7-6-22(14-29(23)40(30)17-20-4-5-20)21-9-11-31(44-2)26(12-21)19-42/h6-7,9,11-16,20,24,28,33,42H,4-5,8,10,17-19,37H2,1-3H3. The quantitative estimate of drug-likeness (QED) is 0.247. The van der Waals surface area contributed by atoms with E-state index in [1.54, 1.807) is 14.2 Å². The van der Waals surface area contributed by atoms with Crippen LogP contribution in [0.15, 0.2) is 54.6 Å². The van der Waals surface area contributed by atoms with E-state index in [9.17, 15) is 9.90 Å². The molecule has 45 heavy (non-hydrogen) atoms. The van der Waals surface area contributed by atoms with Gasteiger partial charge in [0.2, 0.25) is 0 Å². The molecule has 3 aliphatic rings. The van der Waals surface area contributed by atoms with E-state index in [0.717, 1.165) is 76.1 Å². The second-order valence-corrected chi connectivity index (χ2v) is 13.0. The number of carbonyl (C=O) groups is 1. The molecule has 3 heterocycles. The number of nitrogens with zero attached hydrogens (tertiary/aromatic N) is 4. The van der Waals surface area contributed by atoms with Crippen LogP contribution in [0.1, 0.15) is 41.6 Å². The number of amides is 1. The summed E-state index contributed by atoms with van der Waals surface area (Å²) in [6.45, 7) is 1.55. The Morgan fingerprint density at radius 2 is 1.76 bits per heavy atom. The minimum Gasteiger partial charge on any atom is -0.496 e. The number of fused-ring (bicyclic) bond motifs is 4. The van der Waals surface area contributed by atoms with Crippen molar-refractivity contribution in [1.29, 1.82) is 0 Å². The Bertz CT molecular complexity index is 1970. The molecule has 9 nitrogen and oxygen atoms in total. The van der Waals surface area contributed by atoms with E-state index in [0.29, 0.717) is 28.9 Å². The summed E-state index contributed by atoms with van der Waals surface area (Å²) in [5.41, 5.74) is 13.7. The second kappa shape index (κ2) is 10.6. The number of hydrogen-bond donors (Lipinski definition) is 2. The van der Waals surface area contributed by atoms with Gasteiger partial charge in [0.15, 0.2) is 5.82 Å². The molecule has 3 atom stereocenters. The number of carbonyl (C=O) groups excluding carboxylic acids is 1. The maximum absolute atomic E-state index is 13.7. The molecule has 0 spiro atoms. The fourth-order valence-electron chi connectivity index (χ4n) is 7.72. The number of likely N-dealkylation sites (tertiary alicyclic amines) is 1. The summed E-state index contributed by atoms with van der Waals surface area (Å²) in [5, 5.41) is 11.0. The van der Waals surface area contributed by atoms with Crippen molar-refractivity contribution in [2.75, 3.05) is 20.8 Å². The number of aliphatic hydroxyl groups is 1. The molecule has 2 aromatic heterocycles. The van der Waals surface area contributed by atoms with E-state index in [-0.39, 0.29) is 24.6 Å². The van der Waals surface area contributed by atoms with Crippen molar-refractivity contribution in [3.63, 3.8) is 0 Å². The Kier molecular flexibility index (Phi) is 6.65. The Morgan fingerprint density at radius 3 is 2.44 bits per heavy atom. The van der Waals surface area contributed by atoms with Gasteiger partial charge in [-0.05, 0) is 85.0 Å². The van der Waals surface area contributed by atoms with Gasteiger partial charge in [-0.15, -0.1) is 0 Å². The fraction of sp³-hybridized carbons (Fsp3) is 0.389. The number of aryl methyl sites for hydroxylation is 1. The van der Waals surface area contributed by atoms with Gasteiger partial charge in [-0.3, -0.25) is 4.79 Å². The molecular formula is C36H39N5O4. The van der Waals surface area contributed by atoms with Gasteiger partial charge in [-0.2, -0.15) is 0 Å².